The van der Waals surface area contributed by atoms with Crippen molar-refractivity contribution in [2.75, 3.05) is 13.6 Å². The highest BCUT2D eigenvalue weighted by Crippen LogP contribution is 2.14. The average molecular weight is 205 g/mol. The van der Waals surface area contributed by atoms with Crippen LogP contribution in [0.4, 0.5) is 4.39 Å². The number of nitrogens with one attached hydrogen (secondary N) is 1. The van der Waals surface area contributed by atoms with E-state index >= 15 is 0 Å². The van der Waals surface area contributed by atoms with Crippen LogP contribution in [0.2, 0.25) is 0 Å². The zero-order valence-corrected chi connectivity index (χ0v) is 9.45. The SMILES string of the molecule is CNCCC#Cc1c(C)cc(F)cc1C. The van der Waals surface area contributed by atoms with Crippen LogP contribution >= 0.6 is 0 Å². The van der Waals surface area contributed by atoms with Crippen molar-refractivity contribution >= 4 is 0 Å². The van der Waals surface area contributed by atoms with E-state index in [0.717, 1.165) is 29.7 Å². The Morgan fingerprint density at radius 3 is 2.40 bits per heavy atom. The van der Waals surface area contributed by atoms with Crippen LogP contribution in [0, 0.1) is 31.5 Å². The highest BCUT2D eigenvalue weighted by molar-refractivity contribution is 5.46. The smallest absolute Gasteiger partial charge is 0.123 e. The molecule has 0 bridgehead atoms. The molecule has 0 radical (unpaired) electrons. The summed E-state index contributed by atoms with van der Waals surface area (Å²) in [6.45, 7) is 4.66. The van der Waals surface area contributed by atoms with E-state index in [1.807, 2.05) is 20.9 Å². The molecule has 1 N–H and O–H groups in total. The van der Waals surface area contributed by atoms with Gasteiger partial charge in [0, 0.05) is 18.5 Å². The minimum absolute atomic E-state index is 0.189. The summed E-state index contributed by atoms with van der Waals surface area (Å²) in [7, 11) is 1.90. The molecule has 15 heavy (non-hydrogen) atoms. The zero-order chi connectivity index (χ0) is 11.3. The molecule has 1 aromatic carbocycles. The van der Waals surface area contributed by atoms with Gasteiger partial charge in [0.1, 0.15) is 5.82 Å². The van der Waals surface area contributed by atoms with Gasteiger partial charge in [-0.3, -0.25) is 0 Å². The molecule has 0 saturated heterocycles. The molecule has 2 heteroatoms. The lowest BCUT2D eigenvalue weighted by Crippen LogP contribution is -2.05. The molecule has 0 unspecified atom stereocenters. The molecule has 1 nitrogen and oxygen atoms in total. The van der Waals surface area contributed by atoms with Crippen LogP contribution < -0.4 is 5.32 Å². The third kappa shape index (κ3) is 3.38. The Morgan fingerprint density at radius 1 is 1.27 bits per heavy atom. The number of hydrogen-bond acceptors (Lipinski definition) is 1. The fourth-order valence-corrected chi connectivity index (χ4v) is 1.45. The van der Waals surface area contributed by atoms with Gasteiger partial charge in [-0.25, -0.2) is 4.39 Å². The van der Waals surface area contributed by atoms with E-state index < -0.39 is 0 Å². The van der Waals surface area contributed by atoms with Crippen molar-refractivity contribution in [1.29, 1.82) is 0 Å². The van der Waals surface area contributed by atoms with Gasteiger partial charge in [0.05, 0.1) is 0 Å². The minimum Gasteiger partial charge on any atom is -0.319 e. The number of halogens is 1. The van der Waals surface area contributed by atoms with Gasteiger partial charge in [-0.1, -0.05) is 11.8 Å². The molecule has 0 spiro atoms. The van der Waals surface area contributed by atoms with Crippen molar-refractivity contribution in [3.05, 3.63) is 34.6 Å². The van der Waals surface area contributed by atoms with Crippen LogP contribution in [0.3, 0.4) is 0 Å². The van der Waals surface area contributed by atoms with Crippen molar-refractivity contribution in [3.63, 3.8) is 0 Å². The summed E-state index contributed by atoms with van der Waals surface area (Å²) in [5.74, 6) is 5.97. The lowest BCUT2D eigenvalue weighted by atomic mass is 10.0. The largest absolute Gasteiger partial charge is 0.319 e. The van der Waals surface area contributed by atoms with E-state index in [-0.39, 0.29) is 5.82 Å². The summed E-state index contributed by atoms with van der Waals surface area (Å²) in [4.78, 5) is 0. The Hall–Kier alpha value is -1.33. The van der Waals surface area contributed by atoms with Crippen molar-refractivity contribution in [2.45, 2.75) is 20.3 Å². The van der Waals surface area contributed by atoms with E-state index in [2.05, 4.69) is 17.2 Å². The predicted molar refractivity (Wildman–Crippen MR) is 61.3 cm³/mol. The van der Waals surface area contributed by atoms with E-state index in [1.54, 1.807) is 0 Å². The molecule has 0 aliphatic heterocycles. The number of rotatable bonds is 2. The summed E-state index contributed by atoms with van der Waals surface area (Å²) in [6.07, 6.45) is 0.812. The zero-order valence-electron chi connectivity index (χ0n) is 9.45. The quantitative estimate of drug-likeness (QED) is 0.577. The van der Waals surface area contributed by atoms with Crippen molar-refractivity contribution < 1.29 is 4.39 Å². The Kier molecular flexibility index (Phi) is 4.33. The molecular weight excluding hydrogens is 189 g/mol. The van der Waals surface area contributed by atoms with Crippen LogP contribution in [-0.2, 0) is 0 Å². The maximum absolute atomic E-state index is 13.0. The van der Waals surface area contributed by atoms with E-state index in [4.69, 9.17) is 0 Å². The second-order valence-corrected chi connectivity index (χ2v) is 3.57. The fraction of sp³-hybridized carbons (Fsp3) is 0.385. The van der Waals surface area contributed by atoms with Gasteiger partial charge in [-0.15, -0.1) is 0 Å². The standard InChI is InChI=1S/C13H16FN/c1-10-8-12(14)9-11(2)13(10)6-4-5-7-15-3/h8-9,15H,5,7H2,1-3H3. The Labute approximate surface area is 90.7 Å². The Morgan fingerprint density at radius 2 is 1.87 bits per heavy atom. The second kappa shape index (κ2) is 5.53. The van der Waals surface area contributed by atoms with Gasteiger partial charge in [0.2, 0.25) is 0 Å². The molecule has 0 fully saturated rings. The third-order valence-electron chi connectivity index (χ3n) is 2.21. The molecular formula is C13H16FN. The number of aryl methyl sites for hydroxylation is 2. The monoisotopic (exact) mass is 205 g/mol. The van der Waals surface area contributed by atoms with Gasteiger partial charge >= 0.3 is 0 Å². The van der Waals surface area contributed by atoms with E-state index in [1.165, 1.54) is 12.1 Å². The van der Waals surface area contributed by atoms with Gasteiger partial charge in [-0.2, -0.15) is 0 Å². The molecule has 1 rings (SSSR count). The molecule has 0 aliphatic carbocycles. The molecule has 80 valence electrons. The molecule has 0 aliphatic rings. The second-order valence-electron chi connectivity index (χ2n) is 3.57. The minimum atomic E-state index is -0.189. The normalized spacial score (nSPS) is 9.60. The highest BCUT2D eigenvalue weighted by atomic mass is 19.1. The lowest BCUT2D eigenvalue weighted by Gasteiger charge is -2.02. The number of benzene rings is 1. The first-order valence-electron chi connectivity index (χ1n) is 5.05. The lowest BCUT2D eigenvalue weighted by molar-refractivity contribution is 0.625. The van der Waals surface area contributed by atoms with E-state index in [0.29, 0.717) is 0 Å². The number of hydrogen-bond donors (Lipinski definition) is 1. The van der Waals surface area contributed by atoms with E-state index in [9.17, 15) is 4.39 Å². The summed E-state index contributed by atoms with van der Waals surface area (Å²) in [5, 5.41) is 3.03. The van der Waals surface area contributed by atoms with Gasteiger partial charge < -0.3 is 5.32 Å². The molecule has 1 aromatic rings. The molecule has 0 aromatic heterocycles. The fourth-order valence-electron chi connectivity index (χ4n) is 1.45. The predicted octanol–water partition coefficient (Wildman–Crippen LogP) is 2.40. The Balaban J connectivity index is 2.88. The Bertz CT molecular complexity index is 376. The molecule has 0 heterocycles. The highest BCUT2D eigenvalue weighted by Gasteiger charge is 2.01. The van der Waals surface area contributed by atoms with Crippen molar-refractivity contribution in [3.8, 4) is 11.8 Å². The first kappa shape index (κ1) is 11.7. The molecule has 0 saturated carbocycles. The summed E-state index contributed by atoms with van der Waals surface area (Å²) < 4.78 is 13.0. The summed E-state index contributed by atoms with van der Waals surface area (Å²) in [6, 6.07) is 3.05. The van der Waals surface area contributed by atoms with Gasteiger partial charge in [0.15, 0.2) is 0 Å². The maximum Gasteiger partial charge on any atom is 0.123 e. The van der Waals surface area contributed by atoms with Gasteiger partial charge in [-0.05, 0) is 44.2 Å². The van der Waals surface area contributed by atoms with Crippen molar-refractivity contribution in [1.82, 2.24) is 5.32 Å². The third-order valence-corrected chi connectivity index (χ3v) is 2.21. The average Bonchev–Trinajstić information content (AvgIpc) is 2.15. The first-order chi connectivity index (χ1) is 7.15. The molecule has 0 atom stereocenters. The molecule has 0 amide bonds. The maximum atomic E-state index is 13.0. The van der Waals surface area contributed by atoms with Crippen LogP contribution in [0.1, 0.15) is 23.1 Å². The summed E-state index contributed by atoms with van der Waals surface area (Å²) >= 11 is 0. The van der Waals surface area contributed by atoms with Crippen LogP contribution in [0.5, 0.6) is 0 Å². The van der Waals surface area contributed by atoms with Gasteiger partial charge in [0.25, 0.3) is 0 Å². The van der Waals surface area contributed by atoms with Crippen LogP contribution in [-0.4, -0.2) is 13.6 Å². The topological polar surface area (TPSA) is 12.0 Å². The van der Waals surface area contributed by atoms with Crippen LogP contribution in [0.25, 0.3) is 0 Å². The first-order valence-corrected chi connectivity index (χ1v) is 5.05. The summed E-state index contributed by atoms with van der Waals surface area (Å²) in [5.41, 5.74) is 2.77. The van der Waals surface area contributed by atoms with Crippen molar-refractivity contribution in [2.24, 2.45) is 0 Å². The van der Waals surface area contributed by atoms with Crippen LogP contribution in [0.15, 0.2) is 12.1 Å².